The molecule has 0 aliphatic carbocycles. The van der Waals surface area contributed by atoms with Crippen molar-refractivity contribution in [1.82, 2.24) is 0 Å². The van der Waals surface area contributed by atoms with Gasteiger partial charge in [0.2, 0.25) is 0 Å². The highest BCUT2D eigenvalue weighted by Crippen LogP contribution is 2.37. The molecule has 21 heavy (non-hydrogen) atoms. The first-order chi connectivity index (χ1) is 10.1. The molecule has 5 heteroatoms. The van der Waals surface area contributed by atoms with Gasteiger partial charge in [-0.05, 0) is 54.9 Å². The number of anilines is 1. The molecule has 1 fully saturated rings. The molecule has 1 aliphatic rings. The monoisotopic (exact) mass is 299 g/mol. The second-order valence-corrected chi connectivity index (χ2v) is 5.82. The lowest BCUT2D eigenvalue weighted by Crippen LogP contribution is -2.28. The summed E-state index contributed by atoms with van der Waals surface area (Å²) in [5.74, 6) is 0.247. The number of carbonyl (C=O) groups is 2. The van der Waals surface area contributed by atoms with Gasteiger partial charge >= 0.3 is 0 Å². The second-order valence-electron chi connectivity index (χ2n) is 4.82. The van der Waals surface area contributed by atoms with Crippen LogP contribution in [-0.4, -0.2) is 11.1 Å². The van der Waals surface area contributed by atoms with Gasteiger partial charge in [-0.2, -0.15) is 0 Å². The molecule has 1 aromatic heterocycles. The van der Waals surface area contributed by atoms with Crippen LogP contribution in [-0.2, 0) is 4.79 Å². The van der Waals surface area contributed by atoms with E-state index in [-0.39, 0.29) is 11.1 Å². The van der Waals surface area contributed by atoms with Crippen LogP contribution >= 0.6 is 11.8 Å². The quantitative estimate of drug-likeness (QED) is 0.782. The van der Waals surface area contributed by atoms with Crippen LogP contribution < -0.4 is 4.90 Å². The molecule has 0 N–H and O–H groups in total. The Morgan fingerprint density at radius 3 is 2.71 bits per heavy atom. The minimum Gasteiger partial charge on any atom is -0.465 e. The van der Waals surface area contributed by atoms with Gasteiger partial charge in [0.25, 0.3) is 11.1 Å². The first-order valence-electron chi connectivity index (χ1n) is 6.45. The molecule has 0 unspecified atom stereocenters. The average molecular weight is 299 g/mol. The predicted molar refractivity (Wildman–Crippen MR) is 83.1 cm³/mol. The molecule has 3 rings (SSSR count). The van der Waals surface area contributed by atoms with Crippen LogP contribution in [0.15, 0.2) is 45.9 Å². The molecule has 0 saturated carbocycles. The van der Waals surface area contributed by atoms with Crippen LogP contribution in [0.2, 0.25) is 0 Å². The van der Waals surface area contributed by atoms with E-state index in [0.717, 1.165) is 22.9 Å². The maximum Gasteiger partial charge on any atom is 0.298 e. The second kappa shape index (κ2) is 5.26. The van der Waals surface area contributed by atoms with Gasteiger partial charge in [-0.3, -0.25) is 9.59 Å². The van der Waals surface area contributed by atoms with Crippen LogP contribution in [0.5, 0.6) is 0 Å². The molecule has 4 nitrogen and oxygen atoms in total. The Morgan fingerprint density at radius 2 is 2.00 bits per heavy atom. The molecule has 0 radical (unpaired) electrons. The van der Waals surface area contributed by atoms with Gasteiger partial charge in [-0.25, -0.2) is 4.90 Å². The van der Waals surface area contributed by atoms with E-state index in [1.807, 2.05) is 32.0 Å². The number of carbonyl (C=O) groups excluding carboxylic acids is 2. The maximum absolute atomic E-state index is 12.5. The van der Waals surface area contributed by atoms with Crippen LogP contribution in [0.25, 0.3) is 6.08 Å². The Bertz CT molecular complexity index is 747. The zero-order valence-electron chi connectivity index (χ0n) is 11.6. The molecule has 0 spiro atoms. The number of thioether (sulfide) groups is 1. The van der Waals surface area contributed by atoms with Crippen LogP contribution in [0.3, 0.4) is 0 Å². The summed E-state index contributed by atoms with van der Waals surface area (Å²) >= 11 is 0.928. The number of furan rings is 1. The molecule has 106 valence electrons. The third-order valence-corrected chi connectivity index (χ3v) is 4.09. The van der Waals surface area contributed by atoms with Crippen molar-refractivity contribution in [2.45, 2.75) is 13.8 Å². The third kappa shape index (κ3) is 2.52. The van der Waals surface area contributed by atoms with Gasteiger partial charge < -0.3 is 4.42 Å². The smallest absolute Gasteiger partial charge is 0.298 e. The van der Waals surface area contributed by atoms with E-state index < -0.39 is 0 Å². The zero-order chi connectivity index (χ0) is 15.0. The van der Waals surface area contributed by atoms with E-state index in [0.29, 0.717) is 16.4 Å². The first-order valence-corrected chi connectivity index (χ1v) is 7.26. The Labute approximate surface area is 126 Å². The fraction of sp³-hybridized carbons (Fsp3) is 0.125. The van der Waals surface area contributed by atoms with E-state index >= 15 is 0 Å². The highest BCUT2D eigenvalue weighted by atomic mass is 32.2. The van der Waals surface area contributed by atoms with E-state index in [4.69, 9.17) is 4.42 Å². The number of hydrogen-bond acceptors (Lipinski definition) is 4. The van der Waals surface area contributed by atoms with Crippen molar-refractivity contribution in [2.75, 3.05) is 4.90 Å². The van der Waals surface area contributed by atoms with Crippen LogP contribution in [0.1, 0.15) is 16.9 Å². The van der Waals surface area contributed by atoms with Gasteiger partial charge in [0.1, 0.15) is 5.76 Å². The number of hydrogen-bond donors (Lipinski definition) is 0. The summed E-state index contributed by atoms with van der Waals surface area (Å²) in [5.41, 5.74) is 2.53. The third-order valence-electron chi connectivity index (χ3n) is 3.22. The Morgan fingerprint density at radius 1 is 1.19 bits per heavy atom. The van der Waals surface area contributed by atoms with Crippen molar-refractivity contribution >= 4 is 34.7 Å². The van der Waals surface area contributed by atoms with Crippen molar-refractivity contribution in [3.63, 3.8) is 0 Å². The number of rotatable bonds is 2. The molecule has 2 aromatic rings. The summed E-state index contributed by atoms with van der Waals surface area (Å²) in [6, 6.07) is 9.19. The molecule has 0 bridgehead atoms. The minimum absolute atomic E-state index is 0.286. The lowest BCUT2D eigenvalue weighted by atomic mass is 10.1. The summed E-state index contributed by atoms with van der Waals surface area (Å²) < 4.78 is 5.19. The van der Waals surface area contributed by atoms with E-state index in [2.05, 4.69) is 0 Å². The summed E-state index contributed by atoms with van der Waals surface area (Å²) in [6.07, 6.45) is 3.12. The Balaban J connectivity index is 2.00. The fourth-order valence-electron chi connectivity index (χ4n) is 2.14. The molecule has 0 atom stereocenters. The zero-order valence-corrected chi connectivity index (χ0v) is 12.4. The molecular formula is C16H13NO3S. The predicted octanol–water partition coefficient (Wildman–Crippen LogP) is 4.14. The Hall–Kier alpha value is -2.27. The summed E-state index contributed by atoms with van der Waals surface area (Å²) in [5, 5.41) is -0.286. The topological polar surface area (TPSA) is 50.5 Å². The molecule has 1 aromatic carbocycles. The van der Waals surface area contributed by atoms with Crippen LogP contribution in [0, 0.1) is 13.8 Å². The SMILES string of the molecule is Cc1ccc(C)c(N2C(=O)S/C(=C/c3ccco3)C2=O)c1. The maximum atomic E-state index is 12.5. The highest BCUT2D eigenvalue weighted by Gasteiger charge is 2.37. The molecule has 2 amide bonds. The summed E-state index contributed by atoms with van der Waals surface area (Å²) in [4.78, 5) is 26.3. The van der Waals surface area contributed by atoms with Crippen LogP contribution in [0.4, 0.5) is 10.5 Å². The van der Waals surface area contributed by atoms with Gasteiger partial charge in [0, 0.05) is 6.08 Å². The fourth-order valence-corrected chi connectivity index (χ4v) is 2.95. The van der Waals surface area contributed by atoms with Gasteiger partial charge in [0.15, 0.2) is 0 Å². The van der Waals surface area contributed by atoms with Gasteiger partial charge in [0.05, 0.1) is 16.9 Å². The standard InChI is InChI=1S/C16H13NO3S/c1-10-5-6-11(2)13(8-10)17-15(18)14(21-16(17)19)9-12-4-3-7-20-12/h3-9H,1-2H3/b14-9+. The van der Waals surface area contributed by atoms with Gasteiger partial charge in [-0.1, -0.05) is 12.1 Å². The summed E-state index contributed by atoms with van der Waals surface area (Å²) in [6.45, 7) is 3.81. The van der Waals surface area contributed by atoms with E-state index in [1.54, 1.807) is 18.2 Å². The lowest BCUT2D eigenvalue weighted by Gasteiger charge is -2.15. The Kier molecular flexibility index (Phi) is 3.43. The van der Waals surface area contributed by atoms with Crippen molar-refractivity contribution in [1.29, 1.82) is 0 Å². The average Bonchev–Trinajstić information content (AvgIpc) is 3.03. The van der Waals surface area contributed by atoms with Crippen molar-refractivity contribution in [3.8, 4) is 0 Å². The molecule has 2 heterocycles. The normalized spacial score (nSPS) is 17.0. The molecular weight excluding hydrogens is 286 g/mol. The lowest BCUT2D eigenvalue weighted by molar-refractivity contribution is -0.113. The number of aryl methyl sites for hydroxylation is 2. The first kappa shape index (κ1) is 13.7. The molecule has 1 aliphatic heterocycles. The van der Waals surface area contributed by atoms with E-state index in [9.17, 15) is 9.59 Å². The molecule has 1 saturated heterocycles. The summed E-state index contributed by atoms with van der Waals surface area (Å²) in [7, 11) is 0. The number of amides is 2. The number of nitrogens with zero attached hydrogens (tertiary/aromatic N) is 1. The van der Waals surface area contributed by atoms with Crippen molar-refractivity contribution in [2.24, 2.45) is 0 Å². The van der Waals surface area contributed by atoms with Crippen molar-refractivity contribution < 1.29 is 14.0 Å². The van der Waals surface area contributed by atoms with Gasteiger partial charge in [-0.15, -0.1) is 0 Å². The highest BCUT2D eigenvalue weighted by molar-refractivity contribution is 8.19. The largest absolute Gasteiger partial charge is 0.465 e. The van der Waals surface area contributed by atoms with E-state index in [1.165, 1.54) is 11.2 Å². The number of benzene rings is 1. The van der Waals surface area contributed by atoms with Crippen molar-refractivity contribution in [3.05, 3.63) is 58.4 Å². The number of imide groups is 1. The minimum atomic E-state index is -0.310.